The van der Waals surface area contributed by atoms with Crippen LogP contribution in [0.5, 0.6) is 5.75 Å². The maximum absolute atomic E-state index is 11.6. The van der Waals surface area contributed by atoms with Gasteiger partial charge in [0.25, 0.3) is 0 Å². The number of nitrogens with two attached hydrogens (primary N) is 1. The van der Waals surface area contributed by atoms with E-state index >= 15 is 0 Å². The summed E-state index contributed by atoms with van der Waals surface area (Å²) in [5.41, 5.74) is 7.79. The maximum atomic E-state index is 11.6. The molecule has 32 heavy (non-hydrogen) atoms. The van der Waals surface area contributed by atoms with E-state index in [1.54, 1.807) is 13.2 Å². The minimum Gasteiger partial charge on any atom is -0.492 e. The summed E-state index contributed by atoms with van der Waals surface area (Å²) in [5.74, 6) is 2.07. The second kappa shape index (κ2) is 13.1. The lowest BCUT2D eigenvalue weighted by molar-refractivity contribution is -0.122. The van der Waals surface area contributed by atoms with Crippen molar-refractivity contribution in [2.24, 2.45) is 16.6 Å². The summed E-state index contributed by atoms with van der Waals surface area (Å²) in [7, 11) is 1.74. The molecule has 1 atom stereocenters. The second-order valence-corrected chi connectivity index (χ2v) is 7.69. The molecule has 3 rings (SSSR count). The van der Waals surface area contributed by atoms with Crippen molar-refractivity contribution in [1.82, 2.24) is 15.6 Å². The highest BCUT2D eigenvalue weighted by Gasteiger charge is 2.25. The van der Waals surface area contributed by atoms with Gasteiger partial charge in [-0.2, -0.15) is 0 Å². The van der Waals surface area contributed by atoms with Crippen molar-refractivity contribution in [3.8, 4) is 5.75 Å². The van der Waals surface area contributed by atoms with E-state index in [4.69, 9.17) is 10.5 Å². The Morgan fingerprint density at radius 2 is 2.06 bits per heavy atom. The number of nitrogens with one attached hydrogen (secondary N) is 2. The summed E-state index contributed by atoms with van der Waals surface area (Å²) in [6, 6.07) is 12.0. The van der Waals surface area contributed by atoms with Gasteiger partial charge in [-0.1, -0.05) is 23.8 Å². The highest BCUT2D eigenvalue weighted by atomic mass is 127. The van der Waals surface area contributed by atoms with Gasteiger partial charge in [0, 0.05) is 38.4 Å². The number of rotatable bonds is 8. The van der Waals surface area contributed by atoms with Gasteiger partial charge in [0.15, 0.2) is 5.96 Å². The van der Waals surface area contributed by atoms with E-state index < -0.39 is 0 Å². The van der Waals surface area contributed by atoms with Crippen LogP contribution in [0.4, 0.5) is 5.82 Å². The van der Waals surface area contributed by atoms with Gasteiger partial charge < -0.3 is 26.0 Å². The molecule has 0 aliphatic carbocycles. The summed E-state index contributed by atoms with van der Waals surface area (Å²) < 4.78 is 5.75. The maximum Gasteiger partial charge on any atom is 0.222 e. The fourth-order valence-corrected chi connectivity index (χ4v) is 3.63. The third kappa shape index (κ3) is 7.54. The number of amides is 1. The number of aromatic nitrogens is 1. The Bertz CT molecular complexity index is 890. The minimum absolute atomic E-state index is 0. The van der Waals surface area contributed by atoms with Crippen LogP contribution in [0.25, 0.3) is 0 Å². The van der Waals surface area contributed by atoms with E-state index in [0.29, 0.717) is 32.2 Å². The van der Waals surface area contributed by atoms with Crippen molar-refractivity contribution in [2.75, 3.05) is 38.2 Å². The molecular weight excluding hydrogens is 519 g/mol. The first-order valence-electron chi connectivity index (χ1n) is 10.7. The highest BCUT2D eigenvalue weighted by molar-refractivity contribution is 14.0. The molecule has 1 fully saturated rings. The molecule has 1 aliphatic heterocycles. The molecule has 1 aromatic heterocycles. The zero-order valence-electron chi connectivity index (χ0n) is 18.7. The van der Waals surface area contributed by atoms with Gasteiger partial charge in [0.05, 0.1) is 12.5 Å². The van der Waals surface area contributed by atoms with Crippen LogP contribution < -0.4 is 26.0 Å². The molecule has 0 saturated carbocycles. The van der Waals surface area contributed by atoms with Crippen molar-refractivity contribution < 1.29 is 9.53 Å². The first-order valence-corrected chi connectivity index (χ1v) is 10.7. The standard InChI is InChI=1S/C23H32N6O2.HI/c1-17-7-9-20(10-8-17)31-14-12-27-23(25-2)28-15-18-5-3-11-26-22(18)29-13-4-6-19(16-29)21(24)30;/h3,5,7-11,19H,4,6,12-16H2,1-2H3,(H2,24,30)(H2,25,27,28);1H. The Labute approximate surface area is 207 Å². The number of hydrogen-bond donors (Lipinski definition) is 3. The van der Waals surface area contributed by atoms with Gasteiger partial charge in [-0.3, -0.25) is 9.79 Å². The number of benzene rings is 1. The van der Waals surface area contributed by atoms with Crippen LogP contribution in [0.1, 0.15) is 24.0 Å². The number of guanidine groups is 1. The number of carbonyl (C=O) groups excluding carboxylic acids is 1. The molecule has 174 valence electrons. The number of aliphatic imine (C=N–C) groups is 1. The summed E-state index contributed by atoms with van der Waals surface area (Å²) in [6.07, 6.45) is 3.55. The van der Waals surface area contributed by atoms with E-state index in [2.05, 4.69) is 32.4 Å². The van der Waals surface area contributed by atoms with Crippen molar-refractivity contribution in [1.29, 1.82) is 0 Å². The summed E-state index contributed by atoms with van der Waals surface area (Å²) in [6.45, 7) is 5.26. The monoisotopic (exact) mass is 552 g/mol. The molecule has 0 spiro atoms. The normalized spacial score (nSPS) is 16.1. The third-order valence-electron chi connectivity index (χ3n) is 5.34. The zero-order valence-corrected chi connectivity index (χ0v) is 21.0. The van der Waals surface area contributed by atoms with Gasteiger partial charge in [-0.15, -0.1) is 24.0 Å². The van der Waals surface area contributed by atoms with Gasteiger partial charge in [0.2, 0.25) is 5.91 Å². The van der Waals surface area contributed by atoms with Crippen LogP contribution >= 0.6 is 24.0 Å². The quantitative estimate of drug-likeness (QED) is 0.201. The highest BCUT2D eigenvalue weighted by Crippen LogP contribution is 2.24. The number of anilines is 1. The lowest BCUT2D eigenvalue weighted by Gasteiger charge is -2.33. The number of aryl methyl sites for hydroxylation is 1. The molecule has 8 nitrogen and oxygen atoms in total. The Balaban J connectivity index is 0.00000363. The Morgan fingerprint density at radius 3 is 2.78 bits per heavy atom. The van der Waals surface area contributed by atoms with Gasteiger partial charge in [-0.25, -0.2) is 4.98 Å². The lowest BCUT2D eigenvalue weighted by atomic mass is 9.97. The molecule has 2 heterocycles. The number of nitrogens with zero attached hydrogens (tertiary/aromatic N) is 3. The van der Waals surface area contributed by atoms with Crippen molar-refractivity contribution in [3.63, 3.8) is 0 Å². The summed E-state index contributed by atoms with van der Waals surface area (Å²) in [5, 5.41) is 6.59. The van der Waals surface area contributed by atoms with E-state index in [0.717, 1.165) is 36.5 Å². The number of halogens is 1. The predicted molar refractivity (Wildman–Crippen MR) is 139 cm³/mol. The number of hydrogen-bond acceptors (Lipinski definition) is 5. The smallest absolute Gasteiger partial charge is 0.222 e. The number of piperidine rings is 1. The van der Waals surface area contributed by atoms with Crippen LogP contribution in [-0.2, 0) is 11.3 Å². The molecule has 4 N–H and O–H groups in total. The van der Waals surface area contributed by atoms with Crippen LogP contribution in [0.3, 0.4) is 0 Å². The number of pyridine rings is 1. The fraction of sp³-hybridized carbons (Fsp3) is 0.435. The second-order valence-electron chi connectivity index (χ2n) is 7.69. The Morgan fingerprint density at radius 1 is 1.28 bits per heavy atom. The molecule has 9 heteroatoms. The van der Waals surface area contributed by atoms with Gasteiger partial charge >= 0.3 is 0 Å². The average Bonchev–Trinajstić information content (AvgIpc) is 2.80. The molecule has 1 unspecified atom stereocenters. The number of primary amides is 1. The van der Waals surface area contributed by atoms with E-state index in [1.165, 1.54) is 5.56 Å². The van der Waals surface area contributed by atoms with E-state index in [-0.39, 0.29) is 35.8 Å². The largest absolute Gasteiger partial charge is 0.492 e. The van der Waals surface area contributed by atoms with Crippen molar-refractivity contribution in [2.45, 2.75) is 26.3 Å². The van der Waals surface area contributed by atoms with Crippen molar-refractivity contribution in [3.05, 3.63) is 53.7 Å². The SMILES string of the molecule is CN=C(NCCOc1ccc(C)cc1)NCc1cccnc1N1CCCC(C(N)=O)C1.I. The number of carbonyl (C=O) groups is 1. The molecule has 1 aromatic carbocycles. The topological polar surface area (TPSA) is 105 Å². The molecule has 1 amide bonds. The first kappa shape index (κ1) is 25.7. The fourth-order valence-electron chi connectivity index (χ4n) is 3.63. The van der Waals surface area contributed by atoms with Gasteiger partial charge in [0.1, 0.15) is 18.2 Å². The Hall–Kier alpha value is -2.56. The van der Waals surface area contributed by atoms with Crippen LogP contribution in [-0.4, -0.2) is 50.1 Å². The summed E-state index contributed by atoms with van der Waals surface area (Å²) >= 11 is 0. The minimum atomic E-state index is -0.238. The first-order chi connectivity index (χ1) is 15.1. The van der Waals surface area contributed by atoms with Gasteiger partial charge in [-0.05, 0) is 38.0 Å². The molecule has 2 aromatic rings. The van der Waals surface area contributed by atoms with Crippen molar-refractivity contribution >= 4 is 41.7 Å². The van der Waals surface area contributed by atoms with E-state index in [1.807, 2.05) is 36.4 Å². The Kier molecular flexibility index (Phi) is 10.5. The van der Waals surface area contributed by atoms with Crippen LogP contribution in [0.2, 0.25) is 0 Å². The van der Waals surface area contributed by atoms with Crippen LogP contribution in [0, 0.1) is 12.8 Å². The summed E-state index contributed by atoms with van der Waals surface area (Å²) in [4.78, 5) is 22.6. The molecule has 0 bridgehead atoms. The van der Waals surface area contributed by atoms with Crippen LogP contribution in [0.15, 0.2) is 47.6 Å². The third-order valence-corrected chi connectivity index (χ3v) is 5.34. The molecular formula is C23H33IN6O2. The van der Waals surface area contributed by atoms with E-state index in [9.17, 15) is 4.79 Å². The zero-order chi connectivity index (χ0) is 22.1. The predicted octanol–water partition coefficient (Wildman–Crippen LogP) is 2.45. The average molecular weight is 552 g/mol. The number of ether oxygens (including phenoxy) is 1. The lowest BCUT2D eigenvalue weighted by Crippen LogP contribution is -2.42. The molecule has 0 radical (unpaired) electrons. The molecule has 1 aliphatic rings. The molecule has 1 saturated heterocycles.